The lowest BCUT2D eigenvalue weighted by Crippen LogP contribution is -2.11. The molecule has 59 heavy (non-hydrogen) atoms. The number of anilines is 3. The summed E-state index contributed by atoms with van der Waals surface area (Å²) < 4.78 is 13.0. The van der Waals surface area contributed by atoms with E-state index in [-0.39, 0.29) is 0 Å². The van der Waals surface area contributed by atoms with Crippen LogP contribution in [0.1, 0.15) is 0 Å². The Morgan fingerprint density at radius 2 is 0.898 bits per heavy atom. The maximum atomic E-state index is 6.68. The van der Waals surface area contributed by atoms with Gasteiger partial charge in [0.15, 0.2) is 0 Å². The summed E-state index contributed by atoms with van der Waals surface area (Å²) in [7, 11) is 0. The van der Waals surface area contributed by atoms with E-state index >= 15 is 0 Å². The minimum atomic E-state index is 0.874. The van der Waals surface area contributed by atoms with Gasteiger partial charge in [-0.1, -0.05) is 158 Å². The SMILES string of the molecule is c1cc(-c2cccc3ccccc23)cc(N(c2ccc(-c3cccc4oc5ccccc5c34)cc2)c2ccccc2-c2cccc3oc4c5ccccc5ccc4c23)c1. The summed E-state index contributed by atoms with van der Waals surface area (Å²) in [5.41, 5.74) is 13.6. The van der Waals surface area contributed by atoms with Crippen LogP contribution in [0.4, 0.5) is 17.1 Å². The molecule has 0 N–H and O–H groups in total. The van der Waals surface area contributed by atoms with Gasteiger partial charge < -0.3 is 13.7 Å². The Hall–Kier alpha value is -7.88. The molecule has 0 aliphatic heterocycles. The van der Waals surface area contributed by atoms with Gasteiger partial charge in [0.05, 0.1) is 5.69 Å². The zero-order chi connectivity index (χ0) is 38.9. The third kappa shape index (κ3) is 5.36. The van der Waals surface area contributed by atoms with Crippen LogP contribution < -0.4 is 4.90 Å². The first-order valence-corrected chi connectivity index (χ1v) is 20.1. The fraction of sp³-hybridized carbons (Fsp3) is 0. The molecule has 0 bridgehead atoms. The van der Waals surface area contributed by atoms with Gasteiger partial charge in [0.2, 0.25) is 0 Å². The summed E-state index contributed by atoms with van der Waals surface area (Å²) in [4.78, 5) is 2.40. The van der Waals surface area contributed by atoms with E-state index in [0.29, 0.717) is 0 Å². The van der Waals surface area contributed by atoms with Gasteiger partial charge in [-0.05, 0) is 98.6 Å². The molecule has 0 atom stereocenters. The van der Waals surface area contributed by atoms with Crippen molar-refractivity contribution >= 4 is 82.5 Å². The Balaban J connectivity index is 1.07. The highest BCUT2D eigenvalue weighted by Gasteiger charge is 2.22. The highest BCUT2D eigenvalue weighted by Crippen LogP contribution is 2.47. The minimum Gasteiger partial charge on any atom is -0.456 e. The minimum absolute atomic E-state index is 0.874. The van der Waals surface area contributed by atoms with Crippen LogP contribution in [0.3, 0.4) is 0 Å². The molecule has 276 valence electrons. The van der Waals surface area contributed by atoms with Crippen LogP contribution in [-0.4, -0.2) is 0 Å². The molecule has 3 nitrogen and oxygen atoms in total. The standard InChI is InChI=1S/C56H35NO2/c1-3-18-42-36(13-1)15-10-22-43(42)39-16-9-17-41(35-39)57(40-32-29-38(30-33-40)44-23-11-27-52-54(44)48-21-6-8-26-51(48)58-52)50-25-7-5-20-46(50)47-24-12-28-53-55(47)49-34-31-37-14-2-4-19-45(37)56(49)59-53/h1-35H. The van der Waals surface area contributed by atoms with Crippen LogP contribution in [0.15, 0.2) is 221 Å². The van der Waals surface area contributed by atoms with Gasteiger partial charge in [0.1, 0.15) is 22.3 Å². The quantitative estimate of drug-likeness (QED) is 0.169. The summed E-state index contributed by atoms with van der Waals surface area (Å²) >= 11 is 0. The van der Waals surface area contributed by atoms with E-state index in [1.165, 1.54) is 21.7 Å². The van der Waals surface area contributed by atoms with Crippen molar-refractivity contribution < 1.29 is 8.83 Å². The van der Waals surface area contributed by atoms with Crippen molar-refractivity contribution in [2.24, 2.45) is 0 Å². The monoisotopic (exact) mass is 753 g/mol. The van der Waals surface area contributed by atoms with Crippen molar-refractivity contribution in [3.05, 3.63) is 212 Å². The van der Waals surface area contributed by atoms with Crippen molar-refractivity contribution in [1.29, 1.82) is 0 Å². The Kier molecular flexibility index (Phi) is 7.54. The third-order valence-corrected chi connectivity index (χ3v) is 11.9. The van der Waals surface area contributed by atoms with E-state index in [1.54, 1.807) is 0 Å². The van der Waals surface area contributed by atoms with E-state index in [0.717, 1.165) is 94.1 Å². The van der Waals surface area contributed by atoms with Crippen LogP contribution in [0.5, 0.6) is 0 Å². The zero-order valence-corrected chi connectivity index (χ0v) is 32.0. The smallest absolute Gasteiger partial charge is 0.143 e. The Morgan fingerprint density at radius 1 is 0.305 bits per heavy atom. The maximum absolute atomic E-state index is 6.68. The lowest BCUT2D eigenvalue weighted by molar-refractivity contribution is 0.669. The van der Waals surface area contributed by atoms with Crippen LogP contribution >= 0.6 is 0 Å². The average Bonchev–Trinajstić information content (AvgIpc) is 3.89. The average molecular weight is 754 g/mol. The van der Waals surface area contributed by atoms with E-state index in [2.05, 4.69) is 205 Å². The molecule has 0 saturated heterocycles. The predicted octanol–water partition coefficient (Wildman–Crippen LogP) is 16.3. The van der Waals surface area contributed by atoms with Gasteiger partial charge in [-0.25, -0.2) is 0 Å². The summed E-state index contributed by atoms with van der Waals surface area (Å²) in [6.07, 6.45) is 0. The maximum Gasteiger partial charge on any atom is 0.143 e. The largest absolute Gasteiger partial charge is 0.456 e. The van der Waals surface area contributed by atoms with E-state index in [1.807, 2.05) is 12.1 Å². The van der Waals surface area contributed by atoms with Crippen molar-refractivity contribution in [2.75, 3.05) is 4.90 Å². The highest BCUT2D eigenvalue weighted by molar-refractivity contribution is 6.20. The molecule has 0 amide bonds. The molecular weight excluding hydrogens is 719 g/mol. The van der Waals surface area contributed by atoms with Gasteiger partial charge in [-0.15, -0.1) is 0 Å². The molecule has 12 rings (SSSR count). The second-order valence-electron chi connectivity index (χ2n) is 15.2. The van der Waals surface area contributed by atoms with E-state index < -0.39 is 0 Å². The fourth-order valence-corrected chi connectivity index (χ4v) is 9.20. The van der Waals surface area contributed by atoms with Gasteiger partial charge in [0.25, 0.3) is 0 Å². The van der Waals surface area contributed by atoms with Gasteiger partial charge in [-0.2, -0.15) is 0 Å². The Morgan fingerprint density at radius 3 is 1.76 bits per heavy atom. The first-order valence-electron chi connectivity index (χ1n) is 20.1. The number of fused-ring (bicyclic) bond motifs is 9. The number of hydrogen-bond donors (Lipinski definition) is 0. The van der Waals surface area contributed by atoms with Crippen LogP contribution in [0.2, 0.25) is 0 Å². The summed E-state index contributed by atoms with van der Waals surface area (Å²) in [6.45, 7) is 0. The molecule has 0 aliphatic carbocycles. The molecule has 0 radical (unpaired) electrons. The first-order chi connectivity index (χ1) is 29.3. The van der Waals surface area contributed by atoms with Crippen molar-refractivity contribution in [1.82, 2.24) is 0 Å². The van der Waals surface area contributed by atoms with E-state index in [4.69, 9.17) is 8.83 Å². The molecule has 2 aromatic heterocycles. The zero-order valence-electron chi connectivity index (χ0n) is 32.0. The van der Waals surface area contributed by atoms with Crippen LogP contribution in [0.25, 0.3) is 98.8 Å². The molecule has 0 saturated carbocycles. The first kappa shape index (κ1) is 33.3. The molecule has 12 aromatic rings. The summed E-state index contributed by atoms with van der Waals surface area (Å²) in [6, 6.07) is 75.8. The lowest BCUT2D eigenvalue weighted by atomic mass is 9.95. The summed E-state index contributed by atoms with van der Waals surface area (Å²) in [5, 5.41) is 9.22. The molecular formula is C56H35NO2. The van der Waals surface area contributed by atoms with Gasteiger partial charge in [0, 0.05) is 43.9 Å². The Bertz CT molecular complexity index is 3570. The normalized spacial score (nSPS) is 11.7. The van der Waals surface area contributed by atoms with Gasteiger partial charge in [-0.3, -0.25) is 0 Å². The van der Waals surface area contributed by atoms with Crippen molar-refractivity contribution in [3.8, 4) is 33.4 Å². The molecule has 2 heterocycles. The molecule has 10 aromatic carbocycles. The fourth-order valence-electron chi connectivity index (χ4n) is 9.20. The van der Waals surface area contributed by atoms with E-state index in [9.17, 15) is 0 Å². The molecule has 0 spiro atoms. The number of benzene rings is 10. The third-order valence-electron chi connectivity index (χ3n) is 11.9. The molecule has 3 heteroatoms. The Labute approximate surface area is 340 Å². The van der Waals surface area contributed by atoms with Crippen molar-refractivity contribution in [3.63, 3.8) is 0 Å². The lowest BCUT2D eigenvalue weighted by Gasteiger charge is -2.28. The number of hydrogen-bond acceptors (Lipinski definition) is 3. The molecule has 0 unspecified atom stereocenters. The van der Waals surface area contributed by atoms with Crippen LogP contribution in [0, 0.1) is 0 Å². The van der Waals surface area contributed by atoms with Crippen LogP contribution in [-0.2, 0) is 0 Å². The summed E-state index contributed by atoms with van der Waals surface area (Å²) in [5.74, 6) is 0. The second kappa shape index (κ2) is 13.4. The highest BCUT2D eigenvalue weighted by atomic mass is 16.3. The number of nitrogens with zero attached hydrogens (tertiary/aromatic N) is 1. The molecule has 0 aliphatic rings. The predicted molar refractivity (Wildman–Crippen MR) is 247 cm³/mol. The van der Waals surface area contributed by atoms with Gasteiger partial charge >= 0.3 is 0 Å². The van der Waals surface area contributed by atoms with Crippen molar-refractivity contribution in [2.45, 2.75) is 0 Å². The molecule has 0 fully saturated rings. The number of rotatable bonds is 6. The number of furan rings is 2. The second-order valence-corrected chi connectivity index (χ2v) is 15.2. The topological polar surface area (TPSA) is 29.5 Å². The number of para-hydroxylation sites is 2.